The van der Waals surface area contributed by atoms with Gasteiger partial charge >= 0.3 is 0 Å². The number of nitrogens with two attached hydrogens (primary N) is 1. The summed E-state index contributed by atoms with van der Waals surface area (Å²) in [4.78, 5) is 0. The number of aryl methyl sites for hydroxylation is 1. The molecule has 0 aliphatic heterocycles. The highest BCUT2D eigenvalue weighted by atomic mass is 19.1. The van der Waals surface area contributed by atoms with E-state index in [-0.39, 0.29) is 17.1 Å². The molecule has 2 N–H and O–H groups in total. The van der Waals surface area contributed by atoms with Gasteiger partial charge in [-0.2, -0.15) is 5.26 Å². The van der Waals surface area contributed by atoms with Crippen LogP contribution in [0.4, 0.5) is 8.78 Å². The molecule has 2 aromatic carbocycles. The first-order valence-corrected chi connectivity index (χ1v) is 6.35. The number of nitrogens with zero attached hydrogens (tertiary/aromatic N) is 1. The van der Waals surface area contributed by atoms with Crippen molar-refractivity contribution in [2.45, 2.75) is 19.9 Å². The van der Waals surface area contributed by atoms with Gasteiger partial charge in [0.1, 0.15) is 29.2 Å². The van der Waals surface area contributed by atoms with Crippen LogP contribution in [-0.4, -0.2) is 0 Å². The van der Waals surface area contributed by atoms with E-state index in [1.807, 2.05) is 0 Å². The second kappa shape index (κ2) is 5.90. The van der Waals surface area contributed by atoms with Crippen LogP contribution >= 0.6 is 0 Å². The lowest BCUT2D eigenvalue weighted by Gasteiger charge is -2.15. The van der Waals surface area contributed by atoms with Crippen molar-refractivity contribution in [2.24, 2.45) is 5.73 Å². The zero-order valence-electron chi connectivity index (χ0n) is 11.7. The van der Waals surface area contributed by atoms with E-state index in [2.05, 4.69) is 0 Å². The Morgan fingerprint density at radius 3 is 2.48 bits per heavy atom. The molecular weight excluding hydrogens is 274 g/mol. The number of ether oxygens (including phenoxy) is 1. The van der Waals surface area contributed by atoms with Crippen LogP contribution in [0.5, 0.6) is 11.5 Å². The standard InChI is InChI=1S/C16H14F2N2O/c1-9-5-16(13(10(2)20)7-14(9)17)21-12-4-3-11(8-19)15(18)6-12/h3-7,10H,20H2,1-2H3. The van der Waals surface area contributed by atoms with Crippen LogP contribution in [0, 0.1) is 29.9 Å². The second-order valence-electron chi connectivity index (χ2n) is 4.78. The third-order valence-corrected chi connectivity index (χ3v) is 3.07. The summed E-state index contributed by atoms with van der Waals surface area (Å²) in [7, 11) is 0. The Hall–Kier alpha value is -2.45. The number of benzene rings is 2. The molecule has 108 valence electrons. The summed E-state index contributed by atoms with van der Waals surface area (Å²) >= 11 is 0. The molecule has 1 unspecified atom stereocenters. The topological polar surface area (TPSA) is 59.0 Å². The number of hydrogen-bond donors (Lipinski definition) is 1. The average molecular weight is 288 g/mol. The molecule has 0 saturated carbocycles. The van der Waals surface area contributed by atoms with Crippen LogP contribution in [0.1, 0.15) is 29.7 Å². The molecule has 0 bridgehead atoms. The van der Waals surface area contributed by atoms with Gasteiger partial charge in [0.25, 0.3) is 0 Å². The van der Waals surface area contributed by atoms with Gasteiger partial charge in [-0.1, -0.05) is 0 Å². The van der Waals surface area contributed by atoms with Crippen molar-refractivity contribution in [1.82, 2.24) is 0 Å². The number of nitriles is 1. The molecule has 5 heteroatoms. The fraction of sp³-hybridized carbons (Fsp3) is 0.188. The molecule has 0 aromatic heterocycles. The fourth-order valence-electron chi connectivity index (χ4n) is 1.89. The highest BCUT2D eigenvalue weighted by Crippen LogP contribution is 2.31. The van der Waals surface area contributed by atoms with Crippen molar-refractivity contribution in [3.05, 3.63) is 58.7 Å². The molecule has 0 radical (unpaired) electrons. The first-order chi connectivity index (χ1) is 9.92. The Morgan fingerprint density at radius 2 is 1.90 bits per heavy atom. The largest absolute Gasteiger partial charge is 0.457 e. The van der Waals surface area contributed by atoms with E-state index in [1.165, 1.54) is 24.3 Å². The summed E-state index contributed by atoms with van der Waals surface area (Å²) in [5.41, 5.74) is 6.63. The van der Waals surface area contributed by atoms with Crippen LogP contribution < -0.4 is 10.5 Å². The summed E-state index contributed by atoms with van der Waals surface area (Å²) in [6, 6.07) is 8.05. The lowest BCUT2D eigenvalue weighted by atomic mass is 10.0. The SMILES string of the molecule is Cc1cc(Oc2ccc(C#N)c(F)c2)c(C(C)N)cc1F. The van der Waals surface area contributed by atoms with Gasteiger partial charge in [-0.3, -0.25) is 0 Å². The van der Waals surface area contributed by atoms with Crippen molar-refractivity contribution in [3.8, 4) is 17.6 Å². The van der Waals surface area contributed by atoms with Crippen LogP contribution in [-0.2, 0) is 0 Å². The van der Waals surface area contributed by atoms with Gasteiger partial charge in [0.2, 0.25) is 0 Å². The molecule has 2 aromatic rings. The van der Waals surface area contributed by atoms with Crippen molar-refractivity contribution in [3.63, 3.8) is 0 Å². The number of halogens is 2. The normalized spacial score (nSPS) is 11.8. The molecule has 0 aliphatic carbocycles. The molecular formula is C16H14F2N2O. The molecule has 0 saturated heterocycles. The zero-order chi connectivity index (χ0) is 15.6. The van der Waals surface area contributed by atoms with E-state index in [0.29, 0.717) is 16.9 Å². The summed E-state index contributed by atoms with van der Waals surface area (Å²) in [6.45, 7) is 3.31. The van der Waals surface area contributed by atoms with Crippen LogP contribution in [0.2, 0.25) is 0 Å². The van der Waals surface area contributed by atoms with Crippen molar-refractivity contribution >= 4 is 0 Å². The maximum absolute atomic E-state index is 13.6. The van der Waals surface area contributed by atoms with Gasteiger partial charge < -0.3 is 10.5 Å². The van der Waals surface area contributed by atoms with Gasteiger partial charge in [0, 0.05) is 17.7 Å². The van der Waals surface area contributed by atoms with Crippen molar-refractivity contribution < 1.29 is 13.5 Å². The second-order valence-corrected chi connectivity index (χ2v) is 4.78. The van der Waals surface area contributed by atoms with Gasteiger partial charge in [0.15, 0.2) is 0 Å². The molecule has 21 heavy (non-hydrogen) atoms. The third-order valence-electron chi connectivity index (χ3n) is 3.07. The minimum absolute atomic E-state index is 0.0648. The quantitative estimate of drug-likeness (QED) is 0.930. The Bertz CT molecular complexity index is 721. The van der Waals surface area contributed by atoms with E-state index < -0.39 is 11.9 Å². The van der Waals surface area contributed by atoms with Crippen molar-refractivity contribution in [1.29, 1.82) is 5.26 Å². The van der Waals surface area contributed by atoms with E-state index in [0.717, 1.165) is 6.07 Å². The first-order valence-electron chi connectivity index (χ1n) is 6.35. The zero-order valence-corrected chi connectivity index (χ0v) is 11.7. The summed E-state index contributed by atoms with van der Waals surface area (Å²) in [6.07, 6.45) is 0. The fourth-order valence-corrected chi connectivity index (χ4v) is 1.89. The predicted molar refractivity (Wildman–Crippen MR) is 74.9 cm³/mol. The minimum Gasteiger partial charge on any atom is -0.457 e. The van der Waals surface area contributed by atoms with Gasteiger partial charge in [0.05, 0.1) is 5.56 Å². The molecule has 0 fully saturated rings. The van der Waals surface area contributed by atoms with E-state index in [1.54, 1.807) is 19.9 Å². The van der Waals surface area contributed by atoms with Gasteiger partial charge in [-0.05, 0) is 43.7 Å². The lowest BCUT2D eigenvalue weighted by Crippen LogP contribution is -2.08. The minimum atomic E-state index is -0.670. The highest BCUT2D eigenvalue weighted by molar-refractivity contribution is 5.44. The van der Waals surface area contributed by atoms with Crippen LogP contribution in [0.3, 0.4) is 0 Å². The Kier molecular flexibility index (Phi) is 4.20. The van der Waals surface area contributed by atoms with Crippen LogP contribution in [0.25, 0.3) is 0 Å². The Morgan fingerprint density at radius 1 is 1.19 bits per heavy atom. The molecule has 0 amide bonds. The lowest BCUT2D eigenvalue weighted by molar-refractivity contribution is 0.463. The molecule has 0 aliphatic rings. The van der Waals surface area contributed by atoms with E-state index in [9.17, 15) is 8.78 Å². The predicted octanol–water partition coefficient (Wildman–Crippen LogP) is 3.96. The molecule has 0 spiro atoms. The van der Waals surface area contributed by atoms with E-state index in [4.69, 9.17) is 15.7 Å². The summed E-state index contributed by atoms with van der Waals surface area (Å²) in [5.74, 6) is -0.454. The number of hydrogen-bond acceptors (Lipinski definition) is 3. The summed E-state index contributed by atoms with van der Waals surface area (Å²) < 4.78 is 32.8. The van der Waals surface area contributed by atoms with Crippen molar-refractivity contribution in [2.75, 3.05) is 0 Å². The van der Waals surface area contributed by atoms with E-state index >= 15 is 0 Å². The molecule has 1 atom stereocenters. The molecule has 2 rings (SSSR count). The average Bonchev–Trinajstić information content (AvgIpc) is 2.42. The summed E-state index contributed by atoms with van der Waals surface area (Å²) in [5, 5.41) is 8.69. The van der Waals surface area contributed by atoms with Gasteiger partial charge in [-0.25, -0.2) is 8.78 Å². The number of rotatable bonds is 3. The van der Waals surface area contributed by atoms with Crippen LogP contribution in [0.15, 0.2) is 30.3 Å². The maximum atomic E-state index is 13.6. The highest BCUT2D eigenvalue weighted by Gasteiger charge is 2.14. The first kappa shape index (κ1) is 14.9. The monoisotopic (exact) mass is 288 g/mol. The molecule has 3 nitrogen and oxygen atoms in total. The Balaban J connectivity index is 2.42. The van der Waals surface area contributed by atoms with Gasteiger partial charge in [-0.15, -0.1) is 0 Å². The molecule has 0 heterocycles. The maximum Gasteiger partial charge on any atom is 0.144 e. The third kappa shape index (κ3) is 3.18. The Labute approximate surface area is 121 Å². The smallest absolute Gasteiger partial charge is 0.144 e.